The molecule has 0 aliphatic heterocycles. The molecule has 0 unspecified atom stereocenters. The molecule has 22 heavy (non-hydrogen) atoms. The number of aryl methyl sites for hydroxylation is 1. The number of rotatable bonds is 5. The highest BCUT2D eigenvalue weighted by Gasteiger charge is 2.11. The Morgan fingerprint density at radius 1 is 1.05 bits per heavy atom. The van der Waals surface area contributed by atoms with Gasteiger partial charge in [-0.3, -0.25) is 4.79 Å². The van der Waals surface area contributed by atoms with E-state index in [0.717, 1.165) is 11.2 Å². The number of benzene rings is 2. The van der Waals surface area contributed by atoms with Crippen LogP contribution in [-0.4, -0.2) is 17.1 Å². The molecule has 0 bridgehead atoms. The molecule has 0 N–H and O–H groups in total. The Hall–Kier alpha value is -2.55. The molecule has 0 aliphatic carbocycles. The fourth-order valence-electron chi connectivity index (χ4n) is 2.72. The lowest BCUT2D eigenvalue weighted by Crippen LogP contribution is -2.04. The Kier molecular flexibility index (Phi) is 4.24. The number of nitrogens with zero attached hydrogens (tertiary/aromatic N) is 1. The van der Waals surface area contributed by atoms with E-state index in [0.29, 0.717) is 19.4 Å². The fourth-order valence-corrected chi connectivity index (χ4v) is 2.72. The van der Waals surface area contributed by atoms with Gasteiger partial charge in [-0.15, -0.1) is 0 Å². The zero-order chi connectivity index (χ0) is 15.4. The van der Waals surface area contributed by atoms with E-state index < -0.39 is 0 Å². The van der Waals surface area contributed by atoms with Crippen LogP contribution in [0.5, 0.6) is 0 Å². The van der Waals surface area contributed by atoms with Gasteiger partial charge in [-0.05, 0) is 37.1 Å². The monoisotopic (exact) mass is 293 g/mol. The van der Waals surface area contributed by atoms with Crippen LogP contribution in [0.1, 0.15) is 18.9 Å². The first-order valence-corrected chi connectivity index (χ1v) is 7.59. The van der Waals surface area contributed by atoms with Crippen LogP contribution in [0.15, 0.2) is 60.8 Å². The van der Waals surface area contributed by atoms with Gasteiger partial charge in [0, 0.05) is 23.7 Å². The fraction of sp³-hybridized carbons (Fsp3) is 0.211. The lowest BCUT2D eigenvalue weighted by molar-refractivity contribution is -0.143. The predicted octanol–water partition coefficient (Wildman–Crippen LogP) is 4.13. The number of ether oxygens (including phenoxy) is 1. The number of para-hydroxylation sites is 2. The zero-order valence-corrected chi connectivity index (χ0v) is 12.7. The molecule has 0 radical (unpaired) electrons. The molecule has 3 nitrogen and oxygen atoms in total. The number of hydrogen-bond donors (Lipinski definition) is 0. The summed E-state index contributed by atoms with van der Waals surface area (Å²) in [5, 5.41) is 1.19. The molecule has 112 valence electrons. The summed E-state index contributed by atoms with van der Waals surface area (Å²) >= 11 is 0. The third-order valence-electron chi connectivity index (χ3n) is 3.73. The Balaban J connectivity index is 1.96. The minimum Gasteiger partial charge on any atom is -0.466 e. The van der Waals surface area contributed by atoms with Crippen LogP contribution in [-0.2, 0) is 16.0 Å². The molecule has 2 aromatic carbocycles. The molecule has 1 aromatic heterocycles. The van der Waals surface area contributed by atoms with E-state index in [2.05, 4.69) is 35.0 Å². The van der Waals surface area contributed by atoms with Gasteiger partial charge < -0.3 is 9.30 Å². The van der Waals surface area contributed by atoms with E-state index in [1.807, 2.05) is 37.3 Å². The first-order valence-electron chi connectivity index (χ1n) is 7.59. The van der Waals surface area contributed by atoms with Crippen molar-refractivity contribution in [2.24, 2.45) is 0 Å². The predicted molar refractivity (Wildman–Crippen MR) is 88.2 cm³/mol. The molecule has 0 saturated carbocycles. The van der Waals surface area contributed by atoms with E-state index in [4.69, 9.17) is 4.74 Å². The van der Waals surface area contributed by atoms with Crippen molar-refractivity contribution in [1.29, 1.82) is 0 Å². The zero-order valence-electron chi connectivity index (χ0n) is 12.7. The summed E-state index contributed by atoms with van der Waals surface area (Å²) in [5.41, 5.74) is 3.46. The van der Waals surface area contributed by atoms with Crippen LogP contribution >= 0.6 is 0 Å². The summed E-state index contributed by atoms with van der Waals surface area (Å²) in [4.78, 5) is 11.6. The summed E-state index contributed by atoms with van der Waals surface area (Å²) in [6, 6.07) is 18.5. The molecule has 3 aromatic rings. The first-order chi connectivity index (χ1) is 10.8. The molecule has 1 heterocycles. The summed E-state index contributed by atoms with van der Waals surface area (Å²) in [5.74, 6) is -0.140. The highest BCUT2D eigenvalue weighted by Crippen LogP contribution is 2.25. The highest BCUT2D eigenvalue weighted by atomic mass is 16.5. The Morgan fingerprint density at radius 2 is 1.77 bits per heavy atom. The van der Waals surface area contributed by atoms with Crippen molar-refractivity contribution in [3.8, 4) is 5.69 Å². The number of esters is 1. The van der Waals surface area contributed by atoms with Gasteiger partial charge in [0.25, 0.3) is 0 Å². The van der Waals surface area contributed by atoms with Crippen LogP contribution < -0.4 is 0 Å². The topological polar surface area (TPSA) is 31.2 Å². The SMILES string of the molecule is CCOC(=O)CCc1cn(-c2ccccc2)c2ccccc12. The van der Waals surface area contributed by atoms with Crippen LogP contribution in [0.2, 0.25) is 0 Å². The van der Waals surface area contributed by atoms with Gasteiger partial charge >= 0.3 is 5.97 Å². The highest BCUT2D eigenvalue weighted by molar-refractivity contribution is 5.86. The maximum absolute atomic E-state index is 11.6. The van der Waals surface area contributed by atoms with Crippen LogP contribution in [0.4, 0.5) is 0 Å². The van der Waals surface area contributed by atoms with Gasteiger partial charge in [-0.1, -0.05) is 36.4 Å². The van der Waals surface area contributed by atoms with Gasteiger partial charge in [0.2, 0.25) is 0 Å². The molecular formula is C19H19NO2. The minimum atomic E-state index is -0.140. The molecule has 0 spiro atoms. The molecule has 3 rings (SSSR count). The van der Waals surface area contributed by atoms with E-state index >= 15 is 0 Å². The van der Waals surface area contributed by atoms with Crippen molar-refractivity contribution in [2.75, 3.05) is 6.61 Å². The van der Waals surface area contributed by atoms with Gasteiger partial charge in [0.15, 0.2) is 0 Å². The summed E-state index contributed by atoms with van der Waals surface area (Å²) in [6.07, 6.45) is 3.23. The van der Waals surface area contributed by atoms with Gasteiger partial charge in [0.05, 0.1) is 12.1 Å². The third-order valence-corrected chi connectivity index (χ3v) is 3.73. The molecule has 0 aliphatic rings. The number of carbonyl (C=O) groups excluding carboxylic acids is 1. The van der Waals surface area contributed by atoms with Crippen molar-refractivity contribution in [3.05, 3.63) is 66.4 Å². The van der Waals surface area contributed by atoms with Crippen molar-refractivity contribution >= 4 is 16.9 Å². The second-order valence-corrected chi connectivity index (χ2v) is 5.18. The first kappa shape index (κ1) is 14.4. The van der Waals surface area contributed by atoms with Gasteiger partial charge in [-0.2, -0.15) is 0 Å². The Bertz CT molecular complexity index is 774. The lowest BCUT2D eigenvalue weighted by Gasteiger charge is -2.04. The van der Waals surface area contributed by atoms with Crippen LogP contribution in [0.3, 0.4) is 0 Å². The third kappa shape index (κ3) is 2.89. The number of carbonyl (C=O) groups is 1. The maximum atomic E-state index is 11.6. The van der Waals surface area contributed by atoms with Crippen molar-refractivity contribution in [1.82, 2.24) is 4.57 Å². The van der Waals surface area contributed by atoms with Gasteiger partial charge in [0.1, 0.15) is 0 Å². The second-order valence-electron chi connectivity index (χ2n) is 5.18. The Morgan fingerprint density at radius 3 is 2.55 bits per heavy atom. The minimum absolute atomic E-state index is 0.140. The van der Waals surface area contributed by atoms with Crippen LogP contribution in [0.25, 0.3) is 16.6 Å². The average molecular weight is 293 g/mol. The molecule has 0 amide bonds. The van der Waals surface area contributed by atoms with Crippen molar-refractivity contribution in [2.45, 2.75) is 19.8 Å². The molecule has 0 fully saturated rings. The smallest absolute Gasteiger partial charge is 0.306 e. The van der Waals surface area contributed by atoms with Crippen LogP contribution in [0, 0.1) is 0 Å². The molecule has 0 atom stereocenters. The summed E-state index contributed by atoms with van der Waals surface area (Å²) in [7, 11) is 0. The maximum Gasteiger partial charge on any atom is 0.306 e. The van der Waals surface area contributed by atoms with E-state index in [-0.39, 0.29) is 5.97 Å². The van der Waals surface area contributed by atoms with Crippen molar-refractivity contribution in [3.63, 3.8) is 0 Å². The van der Waals surface area contributed by atoms with E-state index in [1.165, 1.54) is 10.9 Å². The summed E-state index contributed by atoms with van der Waals surface area (Å²) in [6.45, 7) is 2.27. The molecule has 3 heteroatoms. The second kappa shape index (κ2) is 6.48. The lowest BCUT2D eigenvalue weighted by atomic mass is 10.1. The quantitative estimate of drug-likeness (QED) is 0.662. The normalized spacial score (nSPS) is 10.8. The molecule has 0 saturated heterocycles. The molecular weight excluding hydrogens is 274 g/mol. The largest absolute Gasteiger partial charge is 0.466 e. The number of fused-ring (bicyclic) bond motifs is 1. The number of aromatic nitrogens is 1. The van der Waals surface area contributed by atoms with E-state index in [9.17, 15) is 4.79 Å². The summed E-state index contributed by atoms with van der Waals surface area (Å²) < 4.78 is 7.20. The standard InChI is InChI=1S/C19H19NO2/c1-2-22-19(21)13-12-15-14-20(16-8-4-3-5-9-16)18-11-7-6-10-17(15)18/h3-11,14H,2,12-13H2,1H3. The number of hydrogen-bond acceptors (Lipinski definition) is 2. The van der Waals surface area contributed by atoms with E-state index in [1.54, 1.807) is 0 Å². The average Bonchev–Trinajstić information content (AvgIpc) is 2.93. The van der Waals surface area contributed by atoms with Gasteiger partial charge in [-0.25, -0.2) is 0 Å². The Labute approximate surface area is 130 Å². The van der Waals surface area contributed by atoms with Crippen molar-refractivity contribution < 1.29 is 9.53 Å².